The van der Waals surface area contributed by atoms with Gasteiger partial charge in [-0.3, -0.25) is 4.79 Å². The number of benzene rings is 2. The molecular weight excluding hydrogens is 412 g/mol. The van der Waals surface area contributed by atoms with Gasteiger partial charge in [-0.05, 0) is 24.8 Å². The Kier molecular flexibility index (Phi) is 6.07. The number of esters is 1. The molecule has 6 nitrogen and oxygen atoms in total. The molecule has 0 bridgehead atoms. The number of carbonyl (C=O) groups excluding carboxylic acids is 1. The number of imidazole rings is 2. The van der Waals surface area contributed by atoms with Crippen LogP contribution in [-0.2, 0) is 36.0 Å². The van der Waals surface area contributed by atoms with E-state index < -0.39 is 0 Å². The van der Waals surface area contributed by atoms with E-state index in [1.165, 1.54) is 5.56 Å². The van der Waals surface area contributed by atoms with E-state index in [-0.39, 0.29) is 18.0 Å². The Morgan fingerprint density at radius 3 is 2.58 bits per heavy atom. The van der Waals surface area contributed by atoms with Gasteiger partial charge in [-0.15, -0.1) is 0 Å². The molecule has 0 N–H and O–H groups in total. The van der Waals surface area contributed by atoms with Crippen molar-refractivity contribution in [1.29, 1.82) is 0 Å². The zero-order valence-corrected chi connectivity index (χ0v) is 18.8. The average molecular weight is 441 g/mol. The molecule has 0 spiro atoms. The molecule has 33 heavy (non-hydrogen) atoms. The summed E-state index contributed by atoms with van der Waals surface area (Å²) in [4.78, 5) is 22.3. The molecule has 2 aromatic carbocycles. The highest BCUT2D eigenvalue weighted by atomic mass is 16.5. The van der Waals surface area contributed by atoms with Crippen LogP contribution in [0.25, 0.3) is 11.4 Å². The SMILES string of the molecule is Cn1ccnc1C(CCc1ccccc1)OC(=O)C1CCn2c(cnc2-c2ccccc2)C1. The number of rotatable bonds is 7. The first-order valence-corrected chi connectivity index (χ1v) is 11.5. The van der Waals surface area contributed by atoms with Gasteiger partial charge in [-0.1, -0.05) is 60.7 Å². The number of ether oxygens (including phenoxy) is 1. The smallest absolute Gasteiger partial charge is 0.310 e. The topological polar surface area (TPSA) is 61.9 Å². The van der Waals surface area contributed by atoms with Gasteiger partial charge in [0.1, 0.15) is 11.6 Å². The molecule has 0 radical (unpaired) electrons. The third kappa shape index (κ3) is 4.60. The fraction of sp³-hybridized carbons (Fsp3) is 0.296. The van der Waals surface area contributed by atoms with Crippen molar-refractivity contribution in [2.75, 3.05) is 0 Å². The third-order valence-corrected chi connectivity index (χ3v) is 6.40. The van der Waals surface area contributed by atoms with Crippen molar-refractivity contribution in [3.63, 3.8) is 0 Å². The number of aromatic nitrogens is 4. The maximum absolute atomic E-state index is 13.2. The van der Waals surface area contributed by atoms with Crippen molar-refractivity contribution < 1.29 is 9.53 Å². The highest BCUT2D eigenvalue weighted by Gasteiger charge is 2.31. The van der Waals surface area contributed by atoms with Crippen molar-refractivity contribution >= 4 is 5.97 Å². The number of hydrogen-bond donors (Lipinski definition) is 0. The Morgan fingerprint density at radius 1 is 1.09 bits per heavy atom. The zero-order valence-electron chi connectivity index (χ0n) is 18.8. The van der Waals surface area contributed by atoms with Crippen molar-refractivity contribution in [2.45, 2.75) is 38.3 Å². The van der Waals surface area contributed by atoms with Crippen molar-refractivity contribution in [2.24, 2.45) is 13.0 Å². The molecule has 2 aromatic heterocycles. The second-order valence-electron chi connectivity index (χ2n) is 8.63. The number of carbonyl (C=O) groups is 1. The van der Waals surface area contributed by atoms with Crippen molar-refractivity contribution in [3.8, 4) is 11.4 Å². The predicted molar refractivity (Wildman–Crippen MR) is 126 cm³/mol. The number of nitrogens with zero attached hydrogens (tertiary/aromatic N) is 4. The first-order chi connectivity index (χ1) is 16.2. The van der Waals surface area contributed by atoms with Crippen LogP contribution in [0.4, 0.5) is 0 Å². The summed E-state index contributed by atoms with van der Waals surface area (Å²) in [5, 5.41) is 0. The van der Waals surface area contributed by atoms with Gasteiger partial charge in [0.15, 0.2) is 6.10 Å². The lowest BCUT2D eigenvalue weighted by Crippen LogP contribution is -2.29. The third-order valence-electron chi connectivity index (χ3n) is 6.40. The van der Waals surface area contributed by atoms with Gasteiger partial charge >= 0.3 is 5.97 Å². The zero-order chi connectivity index (χ0) is 22.6. The first-order valence-electron chi connectivity index (χ1n) is 11.5. The normalized spacial score (nSPS) is 16.2. The van der Waals surface area contributed by atoms with Crippen LogP contribution in [0.5, 0.6) is 0 Å². The summed E-state index contributed by atoms with van der Waals surface area (Å²) in [7, 11) is 1.94. The maximum atomic E-state index is 13.2. The van der Waals surface area contributed by atoms with Crippen LogP contribution >= 0.6 is 0 Å². The van der Waals surface area contributed by atoms with E-state index in [1.807, 2.05) is 60.4 Å². The molecule has 5 rings (SSSR count). The highest BCUT2D eigenvalue weighted by Crippen LogP contribution is 2.30. The van der Waals surface area contributed by atoms with E-state index in [0.717, 1.165) is 42.3 Å². The predicted octanol–water partition coefficient (Wildman–Crippen LogP) is 4.76. The first kappa shape index (κ1) is 21.2. The van der Waals surface area contributed by atoms with Gasteiger partial charge in [0, 0.05) is 49.9 Å². The Hall–Kier alpha value is -3.67. The van der Waals surface area contributed by atoms with E-state index in [4.69, 9.17) is 4.74 Å². The summed E-state index contributed by atoms with van der Waals surface area (Å²) >= 11 is 0. The molecule has 2 unspecified atom stereocenters. The summed E-state index contributed by atoms with van der Waals surface area (Å²) in [6.07, 6.45) is 8.08. The molecule has 3 heterocycles. The summed E-state index contributed by atoms with van der Waals surface area (Å²) in [5.41, 5.74) is 3.41. The molecular formula is C27H28N4O2. The quantitative estimate of drug-likeness (QED) is 0.389. The van der Waals surface area contributed by atoms with Crippen LogP contribution in [0.1, 0.15) is 36.0 Å². The summed E-state index contributed by atoms with van der Waals surface area (Å²) in [5.74, 6) is 1.43. The lowest BCUT2D eigenvalue weighted by atomic mass is 9.96. The highest BCUT2D eigenvalue weighted by molar-refractivity contribution is 5.73. The van der Waals surface area contributed by atoms with E-state index in [1.54, 1.807) is 6.20 Å². The number of aryl methyl sites for hydroxylation is 2. The largest absolute Gasteiger partial charge is 0.454 e. The molecule has 0 fully saturated rings. The molecule has 0 saturated carbocycles. The van der Waals surface area contributed by atoms with Gasteiger partial charge in [0.05, 0.1) is 5.92 Å². The van der Waals surface area contributed by atoms with Crippen molar-refractivity contribution in [3.05, 3.63) is 96.3 Å². The average Bonchev–Trinajstić information content (AvgIpc) is 3.48. The Morgan fingerprint density at radius 2 is 1.85 bits per heavy atom. The minimum absolute atomic E-state index is 0.148. The fourth-order valence-electron chi connectivity index (χ4n) is 4.59. The second-order valence-corrected chi connectivity index (χ2v) is 8.63. The minimum Gasteiger partial charge on any atom is -0.454 e. The molecule has 1 aliphatic heterocycles. The molecule has 0 amide bonds. The maximum Gasteiger partial charge on any atom is 0.310 e. The van der Waals surface area contributed by atoms with Gasteiger partial charge in [0.25, 0.3) is 0 Å². The number of fused-ring (bicyclic) bond motifs is 1. The molecule has 1 aliphatic rings. The standard InChI is InChI=1S/C27H28N4O2/c1-30-17-15-28-26(30)24(13-12-20-8-4-2-5-9-20)33-27(32)22-14-16-31-23(18-22)19-29-25(31)21-10-6-3-7-11-21/h2-11,15,17,19,22,24H,12-14,16,18H2,1H3. The number of hydrogen-bond acceptors (Lipinski definition) is 4. The van der Waals surface area contributed by atoms with E-state index in [2.05, 4.69) is 38.8 Å². The molecule has 4 aromatic rings. The lowest BCUT2D eigenvalue weighted by Gasteiger charge is -2.26. The van der Waals surface area contributed by atoms with Gasteiger partial charge in [-0.2, -0.15) is 0 Å². The molecule has 2 atom stereocenters. The van der Waals surface area contributed by atoms with Crippen LogP contribution in [-0.4, -0.2) is 25.1 Å². The minimum atomic E-state index is -0.371. The molecule has 0 saturated heterocycles. The van der Waals surface area contributed by atoms with Crippen LogP contribution in [0, 0.1) is 5.92 Å². The molecule has 0 aliphatic carbocycles. The van der Waals surface area contributed by atoms with Gasteiger partial charge in [0.2, 0.25) is 0 Å². The Labute approximate surface area is 193 Å². The molecule has 6 heteroatoms. The van der Waals surface area contributed by atoms with Gasteiger partial charge < -0.3 is 13.9 Å². The van der Waals surface area contributed by atoms with Crippen LogP contribution in [0.3, 0.4) is 0 Å². The summed E-state index contributed by atoms with van der Waals surface area (Å²) in [6, 6.07) is 20.5. The lowest BCUT2D eigenvalue weighted by molar-refractivity contribution is -0.156. The Balaban J connectivity index is 1.29. The monoisotopic (exact) mass is 440 g/mol. The summed E-state index contributed by atoms with van der Waals surface area (Å²) in [6.45, 7) is 0.760. The second kappa shape index (κ2) is 9.45. The summed E-state index contributed by atoms with van der Waals surface area (Å²) < 4.78 is 10.3. The van der Waals surface area contributed by atoms with E-state index in [9.17, 15) is 4.79 Å². The Bertz CT molecular complexity index is 1210. The van der Waals surface area contributed by atoms with Gasteiger partial charge in [-0.25, -0.2) is 9.97 Å². The van der Waals surface area contributed by atoms with E-state index in [0.29, 0.717) is 12.8 Å². The van der Waals surface area contributed by atoms with Crippen LogP contribution in [0.2, 0.25) is 0 Å². The fourth-order valence-corrected chi connectivity index (χ4v) is 4.59. The van der Waals surface area contributed by atoms with Crippen LogP contribution < -0.4 is 0 Å². The van der Waals surface area contributed by atoms with Crippen molar-refractivity contribution in [1.82, 2.24) is 19.1 Å². The van der Waals surface area contributed by atoms with E-state index >= 15 is 0 Å². The molecule has 168 valence electrons. The van der Waals surface area contributed by atoms with Crippen LogP contribution in [0.15, 0.2) is 79.3 Å².